The number of carbonyl (C=O) groups is 1. The quantitative estimate of drug-likeness (QED) is 0.543. The minimum atomic E-state index is -3.46. The molecule has 2 aromatic rings. The Kier molecular flexibility index (Phi) is 8.95. The number of amides is 1. The molecular weight excluding hydrogens is 428 g/mol. The monoisotopic (exact) mass is 462 g/mol. The number of aryl methyl sites for hydroxylation is 1. The van der Waals surface area contributed by atoms with E-state index in [0.717, 1.165) is 16.7 Å². The van der Waals surface area contributed by atoms with Gasteiger partial charge in [-0.1, -0.05) is 25.1 Å². The van der Waals surface area contributed by atoms with Gasteiger partial charge in [-0.15, -0.1) is 0 Å². The summed E-state index contributed by atoms with van der Waals surface area (Å²) in [7, 11) is -0.312. The summed E-state index contributed by atoms with van der Waals surface area (Å²) >= 11 is 0. The van der Waals surface area contributed by atoms with Crippen LogP contribution in [0.3, 0.4) is 0 Å². The molecule has 1 N–H and O–H groups in total. The SMILES string of the molecule is CCC(NC(=O)CCCN(c1cccc(C)c1C)S(C)(=O)=O)c1ccc(OC)c(OC)c1. The number of sulfonamides is 1. The van der Waals surface area contributed by atoms with Gasteiger partial charge in [-0.05, 0) is 61.6 Å². The second-order valence-electron chi connectivity index (χ2n) is 7.80. The van der Waals surface area contributed by atoms with Crippen molar-refractivity contribution < 1.29 is 22.7 Å². The number of hydrogen-bond donors (Lipinski definition) is 1. The number of hydrogen-bond acceptors (Lipinski definition) is 5. The van der Waals surface area contributed by atoms with E-state index in [4.69, 9.17) is 9.47 Å². The van der Waals surface area contributed by atoms with Gasteiger partial charge in [-0.3, -0.25) is 9.10 Å². The number of methoxy groups -OCH3 is 2. The van der Waals surface area contributed by atoms with Crippen molar-refractivity contribution in [3.8, 4) is 11.5 Å². The van der Waals surface area contributed by atoms with Crippen LogP contribution >= 0.6 is 0 Å². The highest BCUT2D eigenvalue weighted by atomic mass is 32.2. The molecule has 0 radical (unpaired) electrons. The van der Waals surface area contributed by atoms with Gasteiger partial charge in [0.2, 0.25) is 15.9 Å². The normalized spacial score (nSPS) is 12.2. The molecule has 1 amide bonds. The minimum absolute atomic E-state index is 0.124. The fourth-order valence-electron chi connectivity index (χ4n) is 3.61. The summed E-state index contributed by atoms with van der Waals surface area (Å²) in [6.07, 6.45) is 2.54. The Labute approximate surface area is 191 Å². The van der Waals surface area contributed by atoms with Crippen LogP contribution in [0.5, 0.6) is 11.5 Å². The number of ether oxygens (including phenoxy) is 2. The fraction of sp³-hybridized carbons (Fsp3) is 0.458. The molecule has 1 unspecified atom stereocenters. The second-order valence-corrected chi connectivity index (χ2v) is 9.71. The van der Waals surface area contributed by atoms with Crippen LogP contribution in [0.2, 0.25) is 0 Å². The molecule has 0 saturated heterocycles. The third-order valence-electron chi connectivity index (χ3n) is 5.56. The van der Waals surface area contributed by atoms with Gasteiger partial charge >= 0.3 is 0 Å². The number of anilines is 1. The van der Waals surface area contributed by atoms with E-state index in [-0.39, 0.29) is 24.9 Å². The van der Waals surface area contributed by atoms with Gasteiger partial charge in [0.15, 0.2) is 11.5 Å². The van der Waals surface area contributed by atoms with Crippen molar-refractivity contribution in [2.75, 3.05) is 31.3 Å². The average Bonchev–Trinajstić information content (AvgIpc) is 2.76. The van der Waals surface area contributed by atoms with Crippen molar-refractivity contribution in [3.63, 3.8) is 0 Å². The molecule has 0 aliphatic rings. The number of nitrogens with zero attached hydrogens (tertiary/aromatic N) is 1. The third kappa shape index (κ3) is 6.38. The van der Waals surface area contributed by atoms with Crippen LogP contribution in [0.1, 0.15) is 48.9 Å². The molecule has 2 rings (SSSR count). The van der Waals surface area contributed by atoms with Crippen molar-refractivity contribution in [3.05, 3.63) is 53.1 Å². The number of rotatable bonds is 11. The molecule has 176 valence electrons. The smallest absolute Gasteiger partial charge is 0.232 e. The Balaban J connectivity index is 2.05. The van der Waals surface area contributed by atoms with E-state index in [1.807, 2.05) is 51.1 Å². The maximum absolute atomic E-state index is 12.6. The summed E-state index contributed by atoms with van der Waals surface area (Å²) in [6, 6.07) is 11.0. The number of carbonyl (C=O) groups excluding carboxylic acids is 1. The third-order valence-corrected chi connectivity index (χ3v) is 6.74. The summed E-state index contributed by atoms with van der Waals surface area (Å²) in [4.78, 5) is 12.6. The van der Waals surface area contributed by atoms with Crippen molar-refractivity contribution in [2.24, 2.45) is 0 Å². The van der Waals surface area contributed by atoms with Crippen molar-refractivity contribution in [2.45, 2.75) is 46.1 Å². The van der Waals surface area contributed by atoms with Crippen LogP contribution in [0, 0.1) is 13.8 Å². The fourth-order valence-corrected chi connectivity index (χ4v) is 4.63. The Bertz CT molecular complexity index is 1040. The van der Waals surface area contributed by atoms with E-state index >= 15 is 0 Å². The molecule has 7 nitrogen and oxygen atoms in total. The molecule has 0 spiro atoms. The molecule has 0 aliphatic carbocycles. The van der Waals surface area contributed by atoms with Crippen LogP contribution in [0.25, 0.3) is 0 Å². The molecule has 0 heterocycles. The Morgan fingerprint density at radius 1 is 1.09 bits per heavy atom. The molecular formula is C24H34N2O5S. The molecule has 32 heavy (non-hydrogen) atoms. The highest BCUT2D eigenvalue weighted by Crippen LogP contribution is 2.31. The lowest BCUT2D eigenvalue weighted by Gasteiger charge is -2.25. The first-order chi connectivity index (χ1) is 15.1. The van der Waals surface area contributed by atoms with E-state index in [0.29, 0.717) is 30.0 Å². The van der Waals surface area contributed by atoms with Crippen LogP contribution in [-0.4, -0.2) is 41.3 Å². The molecule has 0 aliphatic heterocycles. The number of nitrogens with one attached hydrogen (secondary N) is 1. The summed E-state index contributed by atoms with van der Waals surface area (Å²) in [5.74, 6) is 1.11. The average molecular weight is 463 g/mol. The summed E-state index contributed by atoms with van der Waals surface area (Å²) in [5, 5.41) is 3.04. The van der Waals surface area contributed by atoms with Crippen molar-refractivity contribution >= 4 is 21.6 Å². The molecule has 8 heteroatoms. The highest BCUT2D eigenvalue weighted by molar-refractivity contribution is 7.92. The Morgan fingerprint density at radius 2 is 1.78 bits per heavy atom. The number of benzene rings is 2. The lowest BCUT2D eigenvalue weighted by molar-refractivity contribution is -0.121. The van der Waals surface area contributed by atoms with Crippen molar-refractivity contribution in [1.29, 1.82) is 0 Å². The molecule has 2 aromatic carbocycles. The maximum atomic E-state index is 12.6. The Hall–Kier alpha value is -2.74. The zero-order chi connectivity index (χ0) is 23.9. The predicted octanol–water partition coefficient (Wildman–Crippen LogP) is 4.13. The second kappa shape index (κ2) is 11.2. The summed E-state index contributed by atoms with van der Waals surface area (Å²) < 4.78 is 36.8. The van der Waals surface area contributed by atoms with Crippen LogP contribution < -0.4 is 19.1 Å². The topological polar surface area (TPSA) is 84.9 Å². The van der Waals surface area contributed by atoms with E-state index in [1.165, 1.54) is 10.6 Å². The van der Waals surface area contributed by atoms with Gasteiger partial charge in [0, 0.05) is 13.0 Å². The van der Waals surface area contributed by atoms with Crippen LogP contribution in [-0.2, 0) is 14.8 Å². The standard InChI is InChI=1S/C24H34N2O5S/c1-7-20(19-13-14-22(30-4)23(16-19)31-5)25-24(27)12-9-15-26(32(6,28)29)21-11-8-10-17(2)18(21)3/h8,10-11,13-14,16,20H,7,9,12,15H2,1-6H3,(H,25,27). The van der Waals surface area contributed by atoms with E-state index in [2.05, 4.69) is 5.32 Å². The Morgan fingerprint density at radius 3 is 2.38 bits per heavy atom. The van der Waals surface area contributed by atoms with Crippen LogP contribution in [0.4, 0.5) is 5.69 Å². The van der Waals surface area contributed by atoms with E-state index in [1.54, 1.807) is 20.3 Å². The molecule has 0 fully saturated rings. The zero-order valence-electron chi connectivity index (χ0n) is 19.8. The van der Waals surface area contributed by atoms with Gasteiger partial charge in [-0.25, -0.2) is 8.42 Å². The van der Waals surface area contributed by atoms with Gasteiger partial charge in [0.1, 0.15) is 0 Å². The first-order valence-electron chi connectivity index (χ1n) is 10.7. The van der Waals surface area contributed by atoms with Crippen molar-refractivity contribution in [1.82, 2.24) is 5.32 Å². The molecule has 1 atom stereocenters. The first kappa shape index (κ1) is 25.5. The van der Waals surface area contributed by atoms with Gasteiger partial charge in [0.25, 0.3) is 0 Å². The minimum Gasteiger partial charge on any atom is -0.493 e. The molecule has 0 bridgehead atoms. The maximum Gasteiger partial charge on any atom is 0.232 e. The predicted molar refractivity (Wildman–Crippen MR) is 128 cm³/mol. The van der Waals surface area contributed by atoms with Gasteiger partial charge in [-0.2, -0.15) is 0 Å². The zero-order valence-corrected chi connectivity index (χ0v) is 20.6. The highest BCUT2D eigenvalue weighted by Gasteiger charge is 2.21. The summed E-state index contributed by atoms with van der Waals surface area (Å²) in [6.45, 7) is 6.09. The first-order valence-corrected chi connectivity index (χ1v) is 12.5. The van der Waals surface area contributed by atoms with E-state index in [9.17, 15) is 13.2 Å². The molecule has 0 saturated carbocycles. The van der Waals surface area contributed by atoms with Gasteiger partial charge in [0.05, 0.1) is 32.2 Å². The lowest BCUT2D eigenvalue weighted by Crippen LogP contribution is -2.33. The summed E-state index contributed by atoms with van der Waals surface area (Å²) in [5.41, 5.74) is 3.52. The lowest BCUT2D eigenvalue weighted by atomic mass is 10.0. The van der Waals surface area contributed by atoms with E-state index < -0.39 is 10.0 Å². The molecule has 0 aromatic heterocycles. The largest absolute Gasteiger partial charge is 0.493 e. The van der Waals surface area contributed by atoms with Gasteiger partial charge < -0.3 is 14.8 Å². The van der Waals surface area contributed by atoms with Crippen LogP contribution in [0.15, 0.2) is 36.4 Å².